The third-order valence-corrected chi connectivity index (χ3v) is 3.24. The van der Waals surface area contributed by atoms with Gasteiger partial charge in [-0.2, -0.15) is 0 Å². The largest absolute Gasteiger partial charge is 0.460 e. The van der Waals surface area contributed by atoms with Crippen LogP contribution < -0.4 is 10.2 Å². The predicted octanol–water partition coefficient (Wildman–Crippen LogP) is 3.52. The first kappa shape index (κ1) is 22.5. The molecular weight excluding hydrogens is 348 g/mol. The zero-order valence-electron chi connectivity index (χ0n) is 17.2. The van der Waals surface area contributed by atoms with Crippen molar-refractivity contribution in [1.82, 2.24) is 5.32 Å². The van der Waals surface area contributed by atoms with E-state index < -0.39 is 23.3 Å². The minimum Gasteiger partial charge on any atom is -0.460 e. The van der Waals surface area contributed by atoms with Gasteiger partial charge < -0.3 is 14.8 Å². The van der Waals surface area contributed by atoms with Crippen molar-refractivity contribution in [3.05, 3.63) is 29.8 Å². The molecule has 7 heteroatoms. The van der Waals surface area contributed by atoms with E-state index in [2.05, 4.69) is 5.32 Å². The number of carbonyl (C=O) groups is 3. The van der Waals surface area contributed by atoms with Crippen LogP contribution in [-0.4, -0.2) is 42.8 Å². The molecule has 1 N–H and O–H groups in total. The van der Waals surface area contributed by atoms with Crippen LogP contribution in [0.4, 0.5) is 10.5 Å². The number of esters is 1. The Labute approximate surface area is 161 Å². The number of hydrogen-bond acceptors (Lipinski definition) is 5. The molecule has 0 saturated carbocycles. The maximum absolute atomic E-state index is 12.6. The van der Waals surface area contributed by atoms with Crippen LogP contribution in [0, 0.1) is 0 Å². The molecule has 7 nitrogen and oxygen atoms in total. The number of hydrogen-bond donors (Lipinski definition) is 1. The van der Waals surface area contributed by atoms with E-state index in [4.69, 9.17) is 9.47 Å². The molecule has 0 saturated heterocycles. The third kappa shape index (κ3) is 8.11. The average molecular weight is 378 g/mol. The summed E-state index contributed by atoms with van der Waals surface area (Å²) in [6.45, 7) is 10.8. The summed E-state index contributed by atoms with van der Waals surface area (Å²) in [4.78, 5) is 37.7. The monoisotopic (exact) mass is 378 g/mol. The van der Waals surface area contributed by atoms with Crippen LogP contribution in [0.15, 0.2) is 24.3 Å². The van der Waals surface area contributed by atoms with Gasteiger partial charge in [-0.15, -0.1) is 0 Å². The SMILES string of the molecule is CNC(=O)c1ccc(N(CCC(=O)OC(C)(C)C)C(=O)OC(C)(C)C)cc1. The van der Waals surface area contributed by atoms with Crippen LogP contribution in [0.3, 0.4) is 0 Å². The zero-order valence-corrected chi connectivity index (χ0v) is 17.2. The number of benzene rings is 1. The molecule has 0 aromatic heterocycles. The topological polar surface area (TPSA) is 84.9 Å². The van der Waals surface area contributed by atoms with E-state index in [1.165, 1.54) is 4.90 Å². The lowest BCUT2D eigenvalue weighted by molar-refractivity contribution is -0.154. The van der Waals surface area contributed by atoms with Crippen molar-refractivity contribution in [1.29, 1.82) is 0 Å². The number of amides is 2. The maximum Gasteiger partial charge on any atom is 0.414 e. The fourth-order valence-electron chi connectivity index (χ4n) is 2.18. The predicted molar refractivity (Wildman–Crippen MR) is 104 cm³/mol. The minimum atomic E-state index is -0.677. The standard InChI is InChI=1S/C20H30N2O5/c1-19(2,3)26-16(23)12-13-22(18(25)27-20(4,5)6)15-10-8-14(9-11-15)17(24)21-7/h8-11H,12-13H2,1-7H3,(H,21,24). The first-order valence-corrected chi connectivity index (χ1v) is 8.87. The van der Waals surface area contributed by atoms with E-state index >= 15 is 0 Å². The van der Waals surface area contributed by atoms with Gasteiger partial charge in [-0.25, -0.2) is 4.79 Å². The zero-order chi connectivity index (χ0) is 20.8. The Morgan fingerprint density at radius 3 is 1.89 bits per heavy atom. The molecule has 150 valence electrons. The first-order chi connectivity index (χ1) is 12.3. The lowest BCUT2D eigenvalue weighted by Crippen LogP contribution is -2.38. The van der Waals surface area contributed by atoms with Crippen LogP contribution in [0.1, 0.15) is 58.3 Å². The van der Waals surface area contributed by atoms with Gasteiger partial charge in [-0.3, -0.25) is 14.5 Å². The van der Waals surface area contributed by atoms with Gasteiger partial charge in [0.1, 0.15) is 11.2 Å². The van der Waals surface area contributed by atoms with Crippen molar-refractivity contribution in [3.8, 4) is 0 Å². The Bertz CT molecular complexity index is 669. The molecule has 27 heavy (non-hydrogen) atoms. The lowest BCUT2D eigenvalue weighted by Gasteiger charge is -2.28. The van der Waals surface area contributed by atoms with Gasteiger partial charge in [0.05, 0.1) is 6.42 Å². The number of ether oxygens (including phenoxy) is 2. The van der Waals surface area contributed by atoms with E-state index in [-0.39, 0.29) is 18.9 Å². The molecule has 0 spiro atoms. The van der Waals surface area contributed by atoms with Crippen LogP contribution in [-0.2, 0) is 14.3 Å². The number of nitrogens with one attached hydrogen (secondary N) is 1. The van der Waals surface area contributed by atoms with Gasteiger partial charge in [0, 0.05) is 24.8 Å². The highest BCUT2D eigenvalue weighted by molar-refractivity contribution is 5.95. The normalized spacial score (nSPS) is 11.5. The molecule has 0 aliphatic heterocycles. The van der Waals surface area contributed by atoms with E-state index in [1.54, 1.807) is 72.9 Å². The summed E-state index contributed by atoms with van der Waals surface area (Å²) in [6, 6.07) is 6.51. The summed E-state index contributed by atoms with van der Waals surface area (Å²) in [6.07, 6.45) is -0.549. The van der Waals surface area contributed by atoms with Crippen LogP contribution in [0.25, 0.3) is 0 Å². The van der Waals surface area contributed by atoms with E-state index in [0.717, 1.165) is 0 Å². The molecule has 0 atom stereocenters. The molecule has 2 amide bonds. The maximum atomic E-state index is 12.6. The van der Waals surface area contributed by atoms with Crippen molar-refractivity contribution in [3.63, 3.8) is 0 Å². The van der Waals surface area contributed by atoms with Crippen molar-refractivity contribution in [2.45, 2.75) is 59.2 Å². The van der Waals surface area contributed by atoms with Crippen molar-refractivity contribution < 1.29 is 23.9 Å². The number of rotatable bonds is 5. The Morgan fingerprint density at radius 2 is 1.44 bits per heavy atom. The summed E-state index contributed by atoms with van der Waals surface area (Å²) in [7, 11) is 1.55. The molecule has 0 bridgehead atoms. The van der Waals surface area contributed by atoms with Gasteiger partial charge in [0.25, 0.3) is 5.91 Å². The second-order valence-electron chi connectivity index (χ2n) is 8.09. The van der Waals surface area contributed by atoms with Gasteiger partial charge in [0.2, 0.25) is 0 Å². The van der Waals surface area contributed by atoms with Crippen molar-refractivity contribution in [2.24, 2.45) is 0 Å². The van der Waals surface area contributed by atoms with E-state index in [0.29, 0.717) is 11.3 Å². The molecular formula is C20H30N2O5. The first-order valence-electron chi connectivity index (χ1n) is 8.87. The Kier molecular flexibility index (Phi) is 7.39. The van der Waals surface area contributed by atoms with E-state index in [9.17, 15) is 14.4 Å². The summed E-state index contributed by atoms with van der Waals surface area (Å²) < 4.78 is 10.7. The Morgan fingerprint density at radius 1 is 0.926 bits per heavy atom. The smallest absolute Gasteiger partial charge is 0.414 e. The molecule has 0 heterocycles. The molecule has 1 rings (SSSR count). The van der Waals surface area contributed by atoms with Gasteiger partial charge >= 0.3 is 12.1 Å². The highest BCUT2D eigenvalue weighted by atomic mass is 16.6. The highest BCUT2D eigenvalue weighted by Gasteiger charge is 2.25. The minimum absolute atomic E-state index is 0.0215. The fraction of sp³-hybridized carbons (Fsp3) is 0.550. The molecule has 0 fully saturated rings. The Hall–Kier alpha value is -2.57. The summed E-state index contributed by atoms with van der Waals surface area (Å²) >= 11 is 0. The average Bonchev–Trinajstić information content (AvgIpc) is 2.51. The second-order valence-corrected chi connectivity index (χ2v) is 8.09. The third-order valence-electron chi connectivity index (χ3n) is 3.24. The Balaban J connectivity index is 2.99. The molecule has 0 aliphatic carbocycles. The van der Waals surface area contributed by atoms with Crippen molar-refractivity contribution in [2.75, 3.05) is 18.5 Å². The molecule has 0 unspecified atom stereocenters. The highest BCUT2D eigenvalue weighted by Crippen LogP contribution is 2.20. The second kappa shape index (κ2) is 8.88. The van der Waals surface area contributed by atoms with Crippen molar-refractivity contribution >= 4 is 23.7 Å². The molecule has 0 radical (unpaired) electrons. The number of anilines is 1. The summed E-state index contributed by atoms with van der Waals surface area (Å²) in [5.74, 6) is -0.628. The summed E-state index contributed by atoms with van der Waals surface area (Å²) in [5, 5.41) is 2.54. The number of carbonyl (C=O) groups excluding carboxylic acids is 3. The quantitative estimate of drug-likeness (QED) is 0.793. The number of nitrogens with zero attached hydrogens (tertiary/aromatic N) is 1. The van der Waals surface area contributed by atoms with Crippen LogP contribution >= 0.6 is 0 Å². The lowest BCUT2D eigenvalue weighted by atomic mass is 10.1. The van der Waals surface area contributed by atoms with Gasteiger partial charge in [0.15, 0.2) is 0 Å². The van der Waals surface area contributed by atoms with E-state index in [1.807, 2.05) is 0 Å². The van der Waals surface area contributed by atoms with Crippen LogP contribution in [0.5, 0.6) is 0 Å². The van der Waals surface area contributed by atoms with Gasteiger partial charge in [-0.1, -0.05) is 0 Å². The fourth-order valence-corrected chi connectivity index (χ4v) is 2.18. The van der Waals surface area contributed by atoms with Gasteiger partial charge in [-0.05, 0) is 65.8 Å². The summed E-state index contributed by atoms with van der Waals surface area (Å²) in [5.41, 5.74) is -0.273. The molecule has 0 aliphatic rings. The molecule has 1 aromatic rings. The molecule has 1 aromatic carbocycles. The van der Waals surface area contributed by atoms with Crippen LogP contribution in [0.2, 0.25) is 0 Å².